The lowest BCUT2D eigenvalue weighted by Gasteiger charge is -2.01. The number of hydrogen-bond acceptors (Lipinski definition) is 4. The Kier molecular flexibility index (Phi) is 4.29. The van der Waals surface area contributed by atoms with Crippen molar-refractivity contribution in [2.75, 3.05) is 5.73 Å². The number of nitrogen functional groups attached to an aromatic ring is 1. The minimum atomic E-state index is -0.388. The number of ether oxygens (including phenoxy) is 1. The molecule has 1 aromatic carbocycles. The molecule has 0 saturated carbocycles. The number of anilines is 1. The van der Waals surface area contributed by atoms with Gasteiger partial charge in [-0.1, -0.05) is 30.3 Å². The normalized spacial score (nSPS) is 10.5. The summed E-state index contributed by atoms with van der Waals surface area (Å²) in [5, 5.41) is 0. The number of esters is 1. The molecule has 2 N–H and O–H groups in total. The summed E-state index contributed by atoms with van der Waals surface area (Å²) in [6, 6.07) is 13.0. The lowest BCUT2D eigenvalue weighted by Crippen LogP contribution is -2.00. The second-order valence-electron chi connectivity index (χ2n) is 3.94. The number of carbonyl (C=O) groups excluding carboxylic acids is 1. The van der Waals surface area contributed by atoms with Crippen molar-refractivity contribution in [2.24, 2.45) is 0 Å². The van der Waals surface area contributed by atoms with Crippen molar-refractivity contribution in [2.45, 2.75) is 6.61 Å². The number of rotatable bonds is 4. The van der Waals surface area contributed by atoms with Crippen LogP contribution in [0.15, 0.2) is 54.7 Å². The molecular formula is C15H14N2O2. The fourth-order valence-corrected chi connectivity index (χ4v) is 1.46. The van der Waals surface area contributed by atoms with Gasteiger partial charge in [0.15, 0.2) is 0 Å². The Morgan fingerprint density at radius 2 is 2.00 bits per heavy atom. The van der Waals surface area contributed by atoms with Crippen molar-refractivity contribution in [3.05, 3.63) is 65.9 Å². The van der Waals surface area contributed by atoms with Crippen LogP contribution in [-0.4, -0.2) is 11.0 Å². The van der Waals surface area contributed by atoms with Crippen LogP contribution in [0.3, 0.4) is 0 Å². The van der Waals surface area contributed by atoms with Gasteiger partial charge in [0, 0.05) is 12.3 Å². The van der Waals surface area contributed by atoms with Crippen molar-refractivity contribution >= 4 is 17.9 Å². The summed E-state index contributed by atoms with van der Waals surface area (Å²) in [6.45, 7) is 0.268. The molecule has 0 fully saturated rings. The van der Waals surface area contributed by atoms with Gasteiger partial charge in [-0.25, -0.2) is 9.78 Å². The van der Waals surface area contributed by atoms with Gasteiger partial charge in [-0.15, -0.1) is 0 Å². The van der Waals surface area contributed by atoms with E-state index < -0.39 is 0 Å². The lowest BCUT2D eigenvalue weighted by molar-refractivity contribution is -0.138. The predicted octanol–water partition coefficient (Wildman–Crippen LogP) is 2.42. The van der Waals surface area contributed by atoms with Crippen molar-refractivity contribution in [3.63, 3.8) is 0 Å². The molecule has 0 aliphatic rings. The monoisotopic (exact) mass is 254 g/mol. The Labute approximate surface area is 111 Å². The molecule has 0 unspecified atom stereocenters. The highest BCUT2D eigenvalue weighted by Gasteiger charge is 1.98. The van der Waals surface area contributed by atoms with Gasteiger partial charge in [-0.05, 0) is 29.3 Å². The molecule has 4 heteroatoms. The van der Waals surface area contributed by atoms with Crippen LogP contribution < -0.4 is 5.73 Å². The Balaban J connectivity index is 1.86. The van der Waals surface area contributed by atoms with Gasteiger partial charge in [-0.3, -0.25) is 0 Å². The summed E-state index contributed by atoms with van der Waals surface area (Å²) in [7, 11) is 0. The van der Waals surface area contributed by atoms with Gasteiger partial charge in [0.1, 0.15) is 12.4 Å². The van der Waals surface area contributed by atoms with Crippen LogP contribution in [0.1, 0.15) is 11.1 Å². The third-order valence-corrected chi connectivity index (χ3v) is 2.45. The van der Waals surface area contributed by atoms with Crippen LogP contribution in [0.5, 0.6) is 0 Å². The Morgan fingerprint density at radius 3 is 2.68 bits per heavy atom. The quantitative estimate of drug-likeness (QED) is 0.672. The largest absolute Gasteiger partial charge is 0.458 e. The van der Waals surface area contributed by atoms with Crippen LogP contribution in [0.4, 0.5) is 5.82 Å². The number of nitrogens with zero attached hydrogens (tertiary/aromatic N) is 1. The summed E-state index contributed by atoms with van der Waals surface area (Å²) in [5.74, 6) is 0.0597. The molecule has 19 heavy (non-hydrogen) atoms. The van der Waals surface area contributed by atoms with E-state index in [9.17, 15) is 4.79 Å². The Morgan fingerprint density at radius 1 is 1.21 bits per heavy atom. The molecule has 0 radical (unpaired) electrons. The van der Waals surface area contributed by atoms with E-state index in [0.717, 1.165) is 11.1 Å². The smallest absolute Gasteiger partial charge is 0.331 e. The van der Waals surface area contributed by atoms with Crippen molar-refractivity contribution in [3.8, 4) is 0 Å². The van der Waals surface area contributed by atoms with Gasteiger partial charge < -0.3 is 10.5 Å². The van der Waals surface area contributed by atoms with Crippen LogP contribution in [0.25, 0.3) is 6.08 Å². The third-order valence-electron chi connectivity index (χ3n) is 2.45. The highest BCUT2D eigenvalue weighted by atomic mass is 16.5. The molecule has 0 atom stereocenters. The molecule has 2 rings (SSSR count). The summed E-state index contributed by atoms with van der Waals surface area (Å²) >= 11 is 0. The molecular weight excluding hydrogens is 240 g/mol. The number of carbonyl (C=O) groups is 1. The highest BCUT2D eigenvalue weighted by molar-refractivity contribution is 5.86. The predicted molar refractivity (Wildman–Crippen MR) is 73.9 cm³/mol. The summed E-state index contributed by atoms with van der Waals surface area (Å²) in [5.41, 5.74) is 7.22. The summed E-state index contributed by atoms with van der Waals surface area (Å²) in [4.78, 5) is 15.4. The molecule has 2 aromatic rings. The molecule has 0 aliphatic heterocycles. The van der Waals surface area contributed by atoms with Crippen LogP contribution in [0, 0.1) is 0 Å². The van der Waals surface area contributed by atoms with E-state index in [1.54, 1.807) is 24.4 Å². The van der Waals surface area contributed by atoms with Crippen molar-refractivity contribution in [1.82, 2.24) is 4.98 Å². The first-order valence-corrected chi connectivity index (χ1v) is 5.84. The second kappa shape index (κ2) is 6.35. The zero-order chi connectivity index (χ0) is 13.5. The standard InChI is InChI=1S/C15H14N2O2/c16-14-8-6-12(10-17-14)7-9-15(18)19-11-13-4-2-1-3-5-13/h1-10H,11H2,(H2,16,17)/b9-7-. The fourth-order valence-electron chi connectivity index (χ4n) is 1.46. The third kappa shape index (κ3) is 4.27. The minimum Gasteiger partial charge on any atom is -0.458 e. The van der Waals surface area contributed by atoms with E-state index in [4.69, 9.17) is 10.5 Å². The number of pyridine rings is 1. The zero-order valence-corrected chi connectivity index (χ0v) is 10.3. The molecule has 0 bridgehead atoms. The highest BCUT2D eigenvalue weighted by Crippen LogP contribution is 2.04. The Hall–Kier alpha value is -2.62. The maximum absolute atomic E-state index is 11.5. The van der Waals surface area contributed by atoms with Gasteiger partial charge in [-0.2, -0.15) is 0 Å². The summed E-state index contributed by atoms with van der Waals surface area (Å²) < 4.78 is 5.10. The summed E-state index contributed by atoms with van der Waals surface area (Å²) in [6.07, 6.45) is 4.60. The molecule has 0 amide bonds. The van der Waals surface area contributed by atoms with Gasteiger partial charge in [0.25, 0.3) is 0 Å². The van der Waals surface area contributed by atoms with E-state index in [1.807, 2.05) is 30.3 Å². The van der Waals surface area contributed by atoms with E-state index in [-0.39, 0.29) is 12.6 Å². The molecule has 0 spiro atoms. The first kappa shape index (κ1) is 12.8. The lowest BCUT2D eigenvalue weighted by atomic mass is 10.2. The Bertz CT molecular complexity index is 562. The molecule has 0 aliphatic carbocycles. The first-order valence-electron chi connectivity index (χ1n) is 5.84. The average Bonchev–Trinajstić information content (AvgIpc) is 2.45. The van der Waals surface area contributed by atoms with Gasteiger partial charge >= 0.3 is 5.97 Å². The SMILES string of the molecule is Nc1ccc(/C=C\C(=O)OCc2ccccc2)cn1. The van der Waals surface area contributed by atoms with Crippen LogP contribution in [-0.2, 0) is 16.1 Å². The maximum Gasteiger partial charge on any atom is 0.331 e. The molecule has 1 aromatic heterocycles. The number of hydrogen-bond donors (Lipinski definition) is 1. The topological polar surface area (TPSA) is 65.2 Å². The van der Waals surface area contributed by atoms with Crippen molar-refractivity contribution in [1.29, 1.82) is 0 Å². The second-order valence-corrected chi connectivity index (χ2v) is 3.94. The zero-order valence-electron chi connectivity index (χ0n) is 10.3. The van der Waals surface area contributed by atoms with Crippen LogP contribution in [0.2, 0.25) is 0 Å². The first-order chi connectivity index (χ1) is 9.24. The average molecular weight is 254 g/mol. The van der Waals surface area contributed by atoms with E-state index in [0.29, 0.717) is 5.82 Å². The number of benzene rings is 1. The molecule has 1 heterocycles. The van der Waals surface area contributed by atoms with Crippen molar-refractivity contribution < 1.29 is 9.53 Å². The minimum absolute atomic E-state index is 0.268. The van der Waals surface area contributed by atoms with Crippen LogP contribution >= 0.6 is 0 Å². The van der Waals surface area contributed by atoms with Gasteiger partial charge in [0.05, 0.1) is 0 Å². The maximum atomic E-state index is 11.5. The molecule has 4 nitrogen and oxygen atoms in total. The van der Waals surface area contributed by atoms with E-state index >= 15 is 0 Å². The number of nitrogens with two attached hydrogens (primary N) is 1. The van der Waals surface area contributed by atoms with E-state index in [2.05, 4.69) is 4.98 Å². The fraction of sp³-hybridized carbons (Fsp3) is 0.0667. The number of aromatic nitrogens is 1. The van der Waals surface area contributed by atoms with Gasteiger partial charge in [0.2, 0.25) is 0 Å². The molecule has 96 valence electrons. The molecule has 0 saturated heterocycles. The van der Waals surface area contributed by atoms with E-state index in [1.165, 1.54) is 6.08 Å².